The van der Waals surface area contributed by atoms with Crippen molar-refractivity contribution in [1.82, 2.24) is 5.32 Å². The van der Waals surface area contributed by atoms with Gasteiger partial charge < -0.3 is 20.0 Å². The average Bonchev–Trinajstić information content (AvgIpc) is 3.24. The second-order valence-corrected chi connectivity index (χ2v) is 13.1. The second-order valence-electron chi connectivity index (χ2n) is 13.1. The molecule has 0 unspecified atom stereocenters. The molecule has 2 N–H and O–H groups in total. The summed E-state index contributed by atoms with van der Waals surface area (Å²) < 4.78 is 4.87. The number of rotatable bonds is 8. The highest BCUT2D eigenvalue weighted by Gasteiger charge is 2.65. The van der Waals surface area contributed by atoms with Gasteiger partial charge in [0, 0.05) is 11.8 Å². The molecule has 3 saturated carbocycles. The monoisotopic (exact) mass is 564 g/mol. The molecule has 3 fully saturated rings. The number of carbonyl (C=O) groups is 3. The number of Topliss-reactive ketones (excluding diaryl/α,β-unsaturated/α-hetero) is 1. The van der Waals surface area contributed by atoms with Crippen molar-refractivity contribution >= 4 is 23.4 Å². The molecule has 1 aromatic rings. The number of carbonyl (C=O) groups excluding carboxylic acids is 3. The molecule has 1 aromatic carbocycles. The number of methoxy groups -OCH3 is 1. The fraction of sp³-hybridized carbons (Fsp3) is 0.636. The first-order valence-corrected chi connectivity index (χ1v) is 15.1. The van der Waals surface area contributed by atoms with Crippen molar-refractivity contribution in [2.45, 2.75) is 90.2 Å². The van der Waals surface area contributed by atoms with Crippen LogP contribution in [-0.4, -0.2) is 53.8 Å². The van der Waals surface area contributed by atoms with Gasteiger partial charge in [0.2, 0.25) is 0 Å². The topological polar surface area (TPSA) is 114 Å². The van der Waals surface area contributed by atoms with Gasteiger partial charge in [-0.3, -0.25) is 9.59 Å². The zero-order chi connectivity index (χ0) is 29.4. The van der Waals surface area contributed by atoms with E-state index in [0.29, 0.717) is 30.6 Å². The van der Waals surface area contributed by atoms with Gasteiger partial charge in [0.1, 0.15) is 11.6 Å². The third-order valence-electron chi connectivity index (χ3n) is 11.2. The van der Waals surface area contributed by atoms with Gasteiger partial charge in [0.15, 0.2) is 12.4 Å². The number of hydrogen-bond acceptors (Lipinski definition) is 7. The molecule has 8 heteroatoms. The summed E-state index contributed by atoms with van der Waals surface area (Å²) in [6.07, 6.45) is 9.68. The number of esters is 1. The Labute approximate surface area is 242 Å². The largest absolute Gasteiger partial charge is 0.467 e. The minimum absolute atomic E-state index is 0.0722. The van der Waals surface area contributed by atoms with E-state index in [-0.39, 0.29) is 23.2 Å². The van der Waals surface area contributed by atoms with E-state index in [0.717, 1.165) is 56.2 Å². The fourth-order valence-corrected chi connectivity index (χ4v) is 8.83. The quantitative estimate of drug-likeness (QED) is 0.354. The third kappa shape index (κ3) is 5.24. The van der Waals surface area contributed by atoms with Gasteiger partial charge in [-0.25, -0.2) is 4.79 Å². The first kappa shape index (κ1) is 29.5. The lowest BCUT2D eigenvalue weighted by atomic mass is 9.46. The SMILES string of the molecule is COC(=O)[C@H](Cc1ccccc1)NC(=O)CO/N=C1\C=C2CC[C@H]3[C@H]4CC[C@](O)(C(C)=O)[C@]4(C)CC[C@@H]3[C@@]2(C)CC1. The molecule has 5 rings (SSSR count). The molecule has 0 spiro atoms. The van der Waals surface area contributed by atoms with E-state index in [9.17, 15) is 19.5 Å². The number of allylic oxidation sites excluding steroid dienone is 2. The molecule has 0 heterocycles. The first-order valence-electron chi connectivity index (χ1n) is 15.1. The summed E-state index contributed by atoms with van der Waals surface area (Å²) >= 11 is 0. The molecule has 0 radical (unpaired) electrons. The van der Waals surface area contributed by atoms with Crippen LogP contribution < -0.4 is 5.32 Å². The molecule has 0 aliphatic heterocycles. The molecule has 0 bridgehead atoms. The number of oxime groups is 1. The Morgan fingerprint density at radius 2 is 1.78 bits per heavy atom. The van der Waals surface area contributed by atoms with Crippen molar-refractivity contribution in [3.63, 3.8) is 0 Å². The van der Waals surface area contributed by atoms with Crippen molar-refractivity contribution < 1.29 is 29.1 Å². The summed E-state index contributed by atoms with van der Waals surface area (Å²) in [6.45, 7) is 5.81. The van der Waals surface area contributed by atoms with E-state index in [1.54, 1.807) is 6.92 Å². The zero-order valence-corrected chi connectivity index (χ0v) is 24.8. The van der Waals surface area contributed by atoms with Gasteiger partial charge in [-0.15, -0.1) is 0 Å². The van der Waals surface area contributed by atoms with Crippen LogP contribution in [0.4, 0.5) is 0 Å². The van der Waals surface area contributed by atoms with Gasteiger partial charge in [0.05, 0.1) is 12.8 Å². The van der Waals surface area contributed by atoms with E-state index in [1.807, 2.05) is 30.3 Å². The highest BCUT2D eigenvalue weighted by atomic mass is 16.6. The van der Waals surface area contributed by atoms with Crippen LogP contribution in [0.5, 0.6) is 0 Å². The Hall–Kier alpha value is -3.00. The molecule has 41 heavy (non-hydrogen) atoms. The third-order valence-corrected chi connectivity index (χ3v) is 11.2. The maximum absolute atomic E-state index is 12.6. The summed E-state index contributed by atoms with van der Waals surface area (Å²) in [5, 5.41) is 18.4. The molecular weight excluding hydrogens is 520 g/mol. The Morgan fingerprint density at radius 3 is 2.49 bits per heavy atom. The molecule has 0 aromatic heterocycles. The van der Waals surface area contributed by atoms with Crippen LogP contribution >= 0.6 is 0 Å². The number of benzene rings is 1. The number of hydrogen-bond donors (Lipinski definition) is 2. The van der Waals surface area contributed by atoms with Gasteiger partial charge >= 0.3 is 5.97 Å². The van der Waals surface area contributed by atoms with Crippen molar-refractivity contribution in [2.75, 3.05) is 13.7 Å². The predicted molar refractivity (Wildman–Crippen MR) is 155 cm³/mol. The van der Waals surface area contributed by atoms with E-state index in [2.05, 4.69) is 30.4 Å². The number of amides is 1. The molecule has 1 amide bonds. The van der Waals surface area contributed by atoms with Crippen LogP contribution in [0.15, 0.2) is 47.1 Å². The first-order chi connectivity index (χ1) is 19.5. The number of nitrogens with one attached hydrogen (secondary N) is 1. The maximum atomic E-state index is 12.6. The number of aliphatic hydroxyl groups is 1. The highest BCUT2D eigenvalue weighted by molar-refractivity contribution is 5.96. The van der Waals surface area contributed by atoms with Crippen molar-refractivity contribution in [1.29, 1.82) is 0 Å². The summed E-state index contributed by atoms with van der Waals surface area (Å²) in [5.74, 6) is 0.409. The lowest BCUT2D eigenvalue weighted by Gasteiger charge is -2.59. The Bertz CT molecular complexity index is 1240. The zero-order valence-electron chi connectivity index (χ0n) is 24.8. The molecule has 8 nitrogen and oxygen atoms in total. The van der Waals surface area contributed by atoms with Crippen molar-refractivity contribution in [3.05, 3.63) is 47.5 Å². The van der Waals surface area contributed by atoms with Gasteiger partial charge in [0.25, 0.3) is 5.91 Å². The molecule has 4 aliphatic carbocycles. The molecule has 0 saturated heterocycles. The van der Waals surface area contributed by atoms with Gasteiger partial charge in [-0.1, -0.05) is 54.9 Å². The normalized spacial score (nSPS) is 35.8. The smallest absolute Gasteiger partial charge is 0.328 e. The molecule has 222 valence electrons. The average molecular weight is 565 g/mol. The summed E-state index contributed by atoms with van der Waals surface area (Å²) in [7, 11) is 1.30. The van der Waals surface area contributed by atoms with Crippen LogP contribution in [-0.2, 0) is 30.4 Å². The second kappa shape index (κ2) is 11.3. The number of ketones is 1. The summed E-state index contributed by atoms with van der Waals surface area (Å²) in [4.78, 5) is 42.8. The lowest BCUT2D eigenvalue weighted by Crippen LogP contribution is -2.57. The van der Waals surface area contributed by atoms with Crippen LogP contribution in [0.2, 0.25) is 0 Å². The van der Waals surface area contributed by atoms with Gasteiger partial charge in [-0.05, 0) is 93.1 Å². The van der Waals surface area contributed by atoms with Crippen LogP contribution in [0.1, 0.15) is 77.7 Å². The van der Waals surface area contributed by atoms with Crippen LogP contribution in [0.25, 0.3) is 0 Å². The van der Waals surface area contributed by atoms with Gasteiger partial charge in [-0.2, -0.15) is 0 Å². The summed E-state index contributed by atoms with van der Waals surface area (Å²) in [5.41, 5.74) is 1.71. The Kier molecular flexibility index (Phi) is 8.16. The number of fused-ring (bicyclic) bond motifs is 5. The number of ether oxygens (including phenoxy) is 1. The Morgan fingerprint density at radius 1 is 1.05 bits per heavy atom. The van der Waals surface area contributed by atoms with Crippen LogP contribution in [0.3, 0.4) is 0 Å². The maximum Gasteiger partial charge on any atom is 0.328 e. The minimum Gasteiger partial charge on any atom is -0.467 e. The highest BCUT2D eigenvalue weighted by Crippen LogP contribution is 2.67. The van der Waals surface area contributed by atoms with E-state index in [1.165, 1.54) is 12.7 Å². The summed E-state index contributed by atoms with van der Waals surface area (Å²) in [6, 6.07) is 8.65. The Balaban J connectivity index is 1.20. The van der Waals surface area contributed by atoms with Crippen LogP contribution in [0, 0.1) is 28.6 Å². The van der Waals surface area contributed by atoms with Crippen molar-refractivity contribution in [3.8, 4) is 0 Å². The molecule has 4 aliphatic rings. The minimum atomic E-state index is -1.19. The van der Waals surface area contributed by atoms with E-state index < -0.39 is 23.5 Å². The number of nitrogens with zero attached hydrogens (tertiary/aromatic N) is 1. The molecular formula is C33H44N2O6. The van der Waals surface area contributed by atoms with E-state index >= 15 is 0 Å². The standard InChI is InChI=1S/C33H44N2O6/c1-21(36)33(39)17-14-27-25-11-10-23-19-24(12-15-31(23,2)26(25)13-16-32(27,33)3)35-41-20-29(37)34-28(30(38)40-4)18-22-8-6-5-7-9-22/h5-9,19,25-28,39H,10-18,20H2,1-4H3,(H,34,37)/b35-24-/t25-,26+,27-,28+,31+,32-,33+/m1/s1. The molecule has 7 atom stereocenters. The predicted octanol–water partition coefficient (Wildman–Crippen LogP) is 4.54. The lowest BCUT2D eigenvalue weighted by molar-refractivity contribution is -0.159. The van der Waals surface area contributed by atoms with Crippen molar-refractivity contribution in [2.24, 2.45) is 33.7 Å². The fourth-order valence-electron chi connectivity index (χ4n) is 8.83. The van der Waals surface area contributed by atoms with E-state index in [4.69, 9.17) is 9.57 Å².